The van der Waals surface area contributed by atoms with Gasteiger partial charge in [-0.2, -0.15) is 0 Å². The Morgan fingerprint density at radius 1 is 1.26 bits per heavy atom. The van der Waals surface area contributed by atoms with E-state index in [1.54, 1.807) is 0 Å². The first-order valence-electron chi connectivity index (χ1n) is 6.68. The molecule has 0 aromatic heterocycles. The van der Waals surface area contributed by atoms with Crippen LogP contribution in [0.25, 0.3) is 0 Å². The summed E-state index contributed by atoms with van der Waals surface area (Å²) < 4.78 is 10.6. The smallest absolute Gasteiger partial charge is 0.231 e. The number of ether oxygens (including phenoxy) is 2. The van der Waals surface area contributed by atoms with Gasteiger partial charge in [0.2, 0.25) is 6.79 Å². The second kappa shape index (κ2) is 6.31. The fourth-order valence-electron chi connectivity index (χ4n) is 2.04. The zero-order chi connectivity index (χ0) is 13.7. The minimum atomic E-state index is 0.311. The number of nitrogens with zero attached hydrogens (tertiary/aromatic N) is 2. The van der Waals surface area contributed by atoms with Crippen LogP contribution in [-0.2, 0) is 6.42 Å². The molecule has 5 nitrogen and oxygen atoms in total. The molecule has 1 aliphatic heterocycles. The van der Waals surface area contributed by atoms with Gasteiger partial charge in [0.25, 0.3) is 0 Å². The maximum atomic E-state index is 5.92. The third-order valence-electron chi connectivity index (χ3n) is 3.20. The van der Waals surface area contributed by atoms with E-state index in [2.05, 4.69) is 18.8 Å². The molecule has 2 N–H and O–H groups in total. The molecule has 0 bridgehead atoms. The maximum absolute atomic E-state index is 5.92. The molecule has 0 saturated heterocycles. The third kappa shape index (κ3) is 3.30. The van der Waals surface area contributed by atoms with E-state index in [4.69, 9.17) is 15.2 Å². The van der Waals surface area contributed by atoms with Crippen LogP contribution in [0.15, 0.2) is 23.2 Å². The number of hydrogen-bond acceptors (Lipinski definition) is 3. The summed E-state index contributed by atoms with van der Waals surface area (Å²) in [5.41, 5.74) is 7.11. The largest absolute Gasteiger partial charge is 0.454 e. The molecule has 0 spiro atoms. The van der Waals surface area contributed by atoms with E-state index in [1.807, 2.05) is 23.1 Å². The maximum Gasteiger partial charge on any atom is 0.231 e. The van der Waals surface area contributed by atoms with Gasteiger partial charge in [0.15, 0.2) is 17.5 Å². The van der Waals surface area contributed by atoms with Crippen molar-refractivity contribution >= 4 is 5.96 Å². The number of fused-ring (bicyclic) bond motifs is 1. The van der Waals surface area contributed by atoms with Crippen LogP contribution in [0.4, 0.5) is 0 Å². The molecule has 104 valence electrons. The summed E-state index contributed by atoms with van der Waals surface area (Å²) in [6.45, 7) is 6.91. The average molecular weight is 263 g/mol. The van der Waals surface area contributed by atoms with Gasteiger partial charge in [0.05, 0.1) is 0 Å². The first kappa shape index (κ1) is 13.5. The summed E-state index contributed by atoms with van der Waals surface area (Å²) in [6.07, 6.45) is 0.846. The molecule has 19 heavy (non-hydrogen) atoms. The molecule has 1 aromatic rings. The Hall–Kier alpha value is -1.91. The number of rotatable bonds is 5. The fraction of sp³-hybridized carbons (Fsp3) is 0.500. The highest BCUT2D eigenvalue weighted by Gasteiger charge is 2.12. The fourth-order valence-corrected chi connectivity index (χ4v) is 2.04. The van der Waals surface area contributed by atoms with Crippen molar-refractivity contribution in [1.82, 2.24) is 4.90 Å². The van der Waals surface area contributed by atoms with E-state index >= 15 is 0 Å². The van der Waals surface area contributed by atoms with Crippen LogP contribution >= 0.6 is 0 Å². The Balaban J connectivity index is 1.90. The Morgan fingerprint density at radius 3 is 2.74 bits per heavy atom. The second-order valence-electron chi connectivity index (χ2n) is 4.35. The number of guanidine groups is 1. The molecular weight excluding hydrogens is 242 g/mol. The highest BCUT2D eigenvalue weighted by Crippen LogP contribution is 2.32. The molecule has 0 amide bonds. The monoisotopic (exact) mass is 263 g/mol. The zero-order valence-electron chi connectivity index (χ0n) is 11.6. The van der Waals surface area contributed by atoms with Gasteiger partial charge in [-0.25, -0.2) is 0 Å². The average Bonchev–Trinajstić information content (AvgIpc) is 2.87. The Bertz CT molecular complexity index is 456. The molecule has 0 radical (unpaired) electrons. The summed E-state index contributed by atoms with van der Waals surface area (Å²) in [6, 6.07) is 5.98. The van der Waals surface area contributed by atoms with Crippen molar-refractivity contribution in [2.24, 2.45) is 10.7 Å². The van der Waals surface area contributed by atoms with Crippen LogP contribution in [-0.4, -0.2) is 37.3 Å². The summed E-state index contributed by atoms with van der Waals surface area (Å²) in [5, 5.41) is 0. The van der Waals surface area contributed by atoms with Crippen molar-refractivity contribution in [3.8, 4) is 11.5 Å². The van der Waals surface area contributed by atoms with Gasteiger partial charge in [-0.15, -0.1) is 0 Å². The van der Waals surface area contributed by atoms with Crippen molar-refractivity contribution in [2.75, 3.05) is 26.4 Å². The van der Waals surface area contributed by atoms with Crippen molar-refractivity contribution in [3.63, 3.8) is 0 Å². The minimum Gasteiger partial charge on any atom is -0.454 e. The minimum absolute atomic E-state index is 0.311. The molecule has 5 heteroatoms. The van der Waals surface area contributed by atoms with Gasteiger partial charge < -0.3 is 20.1 Å². The molecule has 0 fully saturated rings. The predicted octanol–water partition coefficient (Wildman–Crippen LogP) is 1.61. The van der Waals surface area contributed by atoms with Crippen molar-refractivity contribution in [3.05, 3.63) is 23.8 Å². The highest BCUT2D eigenvalue weighted by molar-refractivity contribution is 5.78. The van der Waals surface area contributed by atoms with Gasteiger partial charge in [-0.1, -0.05) is 6.07 Å². The normalized spacial score (nSPS) is 13.7. The third-order valence-corrected chi connectivity index (χ3v) is 3.20. The van der Waals surface area contributed by atoms with Gasteiger partial charge in [-0.3, -0.25) is 4.99 Å². The number of benzene rings is 1. The first-order chi connectivity index (χ1) is 9.24. The molecule has 0 atom stereocenters. The van der Waals surface area contributed by atoms with Gasteiger partial charge in [0, 0.05) is 19.6 Å². The van der Waals surface area contributed by atoms with E-state index in [0.29, 0.717) is 19.3 Å². The zero-order valence-corrected chi connectivity index (χ0v) is 11.6. The summed E-state index contributed by atoms with van der Waals surface area (Å²) in [4.78, 5) is 6.44. The lowest BCUT2D eigenvalue weighted by molar-refractivity contribution is 0.174. The molecule has 0 unspecified atom stereocenters. The SMILES string of the molecule is CCN(CC)C(N)=NCCc1ccc2c(c1)OCO2. The summed E-state index contributed by atoms with van der Waals surface area (Å²) >= 11 is 0. The Kier molecular flexibility index (Phi) is 4.49. The van der Waals surface area contributed by atoms with Crippen LogP contribution < -0.4 is 15.2 Å². The molecule has 0 saturated carbocycles. The van der Waals surface area contributed by atoms with Crippen molar-refractivity contribution in [2.45, 2.75) is 20.3 Å². The summed E-state index contributed by atoms with van der Waals surface area (Å²) in [7, 11) is 0. The highest BCUT2D eigenvalue weighted by atomic mass is 16.7. The van der Waals surface area contributed by atoms with Gasteiger partial charge >= 0.3 is 0 Å². The molecule has 2 rings (SSSR count). The van der Waals surface area contributed by atoms with E-state index < -0.39 is 0 Å². The molecule has 1 heterocycles. The van der Waals surface area contributed by atoms with Gasteiger partial charge in [-0.05, 0) is 38.0 Å². The standard InChI is InChI=1S/C14H21N3O2/c1-3-17(4-2)14(15)16-8-7-11-5-6-12-13(9-11)19-10-18-12/h5-6,9H,3-4,7-8,10H2,1-2H3,(H2,15,16). The molecular formula is C14H21N3O2. The second-order valence-corrected chi connectivity index (χ2v) is 4.35. The lowest BCUT2D eigenvalue weighted by Gasteiger charge is -2.19. The van der Waals surface area contributed by atoms with Crippen LogP contribution in [0.5, 0.6) is 11.5 Å². The Morgan fingerprint density at radius 2 is 2.00 bits per heavy atom. The quantitative estimate of drug-likeness (QED) is 0.647. The van der Waals surface area contributed by atoms with Crippen LogP contribution in [0.3, 0.4) is 0 Å². The lowest BCUT2D eigenvalue weighted by Crippen LogP contribution is -2.37. The molecule has 0 aliphatic carbocycles. The number of aliphatic imine (C=N–C) groups is 1. The molecule has 1 aromatic carbocycles. The Labute approximate surface area is 114 Å². The van der Waals surface area contributed by atoms with Crippen LogP contribution in [0.2, 0.25) is 0 Å². The van der Waals surface area contributed by atoms with Gasteiger partial charge in [0.1, 0.15) is 0 Å². The van der Waals surface area contributed by atoms with Crippen molar-refractivity contribution in [1.29, 1.82) is 0 Å². The topological polar surface area (TPSA) is 60.1 Å². The summed E-state index contributed by atoms with van der Waals surface area (Å²) in [5.74, 6) is 2.25. The van der Waals surface area contributed by atoms with Crippen molar-refractivity contribution < 1.29 is 9.47 Å². The van der Waals surface area contributed by atoms with Crippen LogP contribution in [0, 0.1) is 0 Å². The van der Waals surface area contributed by atoms with E-state index in [9.17, 15) is 0 Å². The van der Waals surface area contributed by atoms with Crippen LogP contribution in [0.1, 0.15) is 19.4 Å². The molecule has 1 aliphatic rings. The first-order valence-corrected chi connectivity index (χ1v) is 6.68. The van der Waals surface area contributed by atoms with E-state index in [-0.39, 0.29) is 0 Å². The number of hydrogen-bond donors (Lipinski definition) is 1. The predicted molar refractivity (Wildman–Crippen MR) is 75.7 cm³/mol. The van der Waals surface area contributed by atoms with E-state index in [0.717, 1.165) is 31.0 Å². The lowest BCUT2D eigenvalue weighted by atomic mass is 10.1. The number of nitrogens with two attached hydrogens (primary N) is 1. The van der Waals surface area contributed by atoms with E-state index in [1.165, 1.54) is 5.56 Å².